The van der Waals surface area contributed by atoms with E-state index in [0.717, 1.165) is 0 Å². The highest BCUT2D eigenvalue weighted by atomic mass is 16.7. The highest BCUT2D eigenvalue weighted by Gasteiger charge is 2.05. The van der Waals surface area contributed by atoms with Crippen LogP contribution in [-0.2, 0) is 14.3 Å². The molecule has 0 aliphatic rings. The van der Waals surface area contributed by atoms with Crippen LogP contribution in [0.5, 0.6) is 0 Å². The van der Waals surface area contributed by atoms with Gasteiger partial charge in [0, 0.05) is 5.92 Å². The first-order chi connectivity index (χ1) is 10.1. The maximum absolute atomic E-state index is 11.0. The predicted molar refractivity (Wildman–Crippen MR) is 82.5 cm³/mol. The average molecular weight is 293 g/mol. The number of ether oxygens (including phenoxy) is 2. The molecule has 0 spiro atoms. The molecule has 0 aliphatic heterocycles. The van der Waals surface area contributed by atoms with Gasteiger partial charge in [0.05, 0.1) is 13.7 Å². The van der Waals surface area contributed by atoms with Crippen molar-refractivity contribution in [1.29, 1.82) is 0 Å². The van der Waals surface area contributed by atoms with Gasteiger partial charge in [-0.2, -0.15) is 0 Å². The third-order valence-corrected chi connectivity index (χ3v) is 1.98. The standard InChI is InChI=1S/C8H15NO4.C6H6.C2H2/c1-6(2)7(10)9-4-5-13-8(11)12-3;1-2-4-6-5-3-1;1-2/h6H,4-5H2,1-3H3,(H,9,10);1-6H;1-2H. The smallest absolute Gasteiger partial charge is 0.438 e. The minimum Gasteiger partial charge on any atom is -0.438 e. The SMILES string of the molecule is C#C.COC(=O)OCCNC(=O)C(C)C.c1ccccc1. The van der Waals surface area contributed by atoms with Gasteiger partial charge in [0.25, 0.3) is 0 Å². The van der Waals surface area contributed by atoms with Crippen molar-refractivity contribution in [3.63, 3.8) is 0 Å². The molecule has 0 aliphatic carbocycles. The highest BCUT2D eigenvalue weighted by molar-refractivity contribution is 5.77. The minimum absolute atomic E-state index is 0.0573. The van der Waals surface area contributed by atoms with Crippen LogP contribution in [0, 0.1) is 18.8 Å². The zero-order chi connectivity index (χ0) is 16.5. The monoisotopic (exact) mass is 293 g/mol. The van der Waals surface area contributed by atoms with Crippen LogP contribution < -0.4 is 5.32 Å². The Bertz CT molecular complexity index is 361. The van der Waals surface area contributed by atoms with Crippen LogP contribution in [0.15, 0.2) is 36.4 Å². The van der Waals surface area contributed by atoms with Gasteiger partial charge in [-0.25, -0.2) is 4.79 Å². The predicted octanol–water partition coefficient (Wildman–Crippen LogP) is 2.48. The molecule has 0 radical (unpaired) electrons. The number of carbonyl (C=O) groups excluding carboxylic acids is 2. The Balaban J connectivity index is 0. The van der Waals surface area contributed by atoms with E-state index in [9.17, 15) is 9.59 Å². The van der Waals surface area contributed by atoms with E-state index in [1.165, 1.54) is 7.11 Å². The summed E-state index contributed by atoms with van der Waals surface area (Å²) in [5.41, 5.74) is 0. The third-order valence-electron chi connectivity index (χ3n) is 1.98. The van der Waals surface area contributed by atoms with Crippen molar-refractivity contribution in [2.45, 2.75) is 13.8 Å². The molecular weight excluding hydrogens is 270 g/mol. The molecule has 1 N–H and O–H groups in total. The topological polar surface area (TPSA) is 64.6 Å². The molecule has 0 saturated carbocycles. The molecule has 116 valence electrons. The van der Waals surface area contributed by atoms with Crippen LogP contribution in [0.25, 0.3) is 0 Å². The van der Waals surface area contributed by atoms with Gasteiger partial charge < -0.3 is 14.8 Å². The lowest BCUT2D eigenvalue weighted by Gasteiger charge is -2.07. The number of terminal acetylenes is 1. The van der Waals surface area contributed by atoms with Crippen LogP contribution in [0.1, 0.15) is 13.8 Å². The van der Waals surface area contributed by atoms with Gasteiger partial charge in [0.2, 0.25) is 5.91 Å². The van der Waals surface area contributed by atoms with Crippen molar-refractivity contribution in [3.8, 4) is 12.8 Å². The number of carbonyl (C=O) groups is 2. The molecule has 0 fully saturated rings. The number of methoxy groups -OCH3 is 1. The lowest BCUT2D eigenvalue weighted by molar-refractivity contribution is -0.124. The summed E-state index contributed by atoms with van der Waals surface area (Å²) in [5.74, 6) is -0.119. The van der Waals surface area contributed by atoms with E-state index < -0.39 is 6.16 Å². The van der Waals surface area contributed by atoms with Crippen LogP contribution in [0.2, 0.25) is 0 Å². The number of hydrogen-bond donors (Lipinski definition) is 1. The van der Waals surface area contributed by atoms with Crippen molar-refractivity contribution in [2.75, 3.05) is 20.3 Å². The second-order valence-corrected chi connectivity index (χ2v) is 3.90. The van der Waals surface area contributed by atoms with E-state index in [-0.39, 0.29) is 18.4 Å². The Morgan fingerprint density at radius 2 is 1.48 bits per heavy atom. The quantitative estimate of drug-likeness (QED) is 0.526. The molecule has 0 atom stereocenters. The fourth-order valence-electron chi connectivity index (χ4n) is 0.957. The zero-order valence-electron chi connectivity index (χ0n) is 12.7. The zero-order valence-corrected chi connectivity index (χ0v) is 12.7. The summed E-state index contributed by atoms with van der Waals surface area (Å²) in [7, 11) is 1.23. The summed E-state index contributed by atoms with van der Waals surface area (Å²) in [6.45, 7) is 4.02. The first-order valence-corrected chi connectivity index (χ1v) is 6.39. The number of rotatable bonds is 4. The van der Waals surface area contributed by atoms with E-state index in [0.29, 0.717) is 6.54 Å². The molecule has 5 nitrogen and oxygen atoms in total. The van der Waals surface area contributed by atoms with E-state index in [4.69, 9.17) is 0 Å². The summed E-state index contributed by atoms with van der Waals surface area (Å²) in [4.78, 5) is 21.4. The van der Waals surface area contributed by atoms with Gasteiger partial charge in [-0.15, -0.1) is 12.8 Å². The molecule has 1 rings (SSSR count). The highest BCUT2D eigenvalue weighted by Crippen LogP contribution is 1.89. The van der Waals surface area contributed by atoms with E-state index in [2.05, 4.69) is 27.6 Å². The minimum atomic E-state index is -0.737. The Morgan fingerprint density at radius 3 is 1.81 bits per heavy atom. The van der Waals surface area contributed by atoms with Gasteiger partial charge in [-0.3, -0.25) is 4.79 Å². The van der Waals surface area contributed by atoms with Crippen molar-refractivity contribution in [3.05, 3.63) is 36.4 Å². The average Bonchev–Trinajstić information content (AvgIpc) is 2.55. The Hall–Kier alpha value is -2.48. The Morgan fingerprint density at radius 1 is 1.05 bits per heavy atom. The van der Waals surface area contributed by atoms with Crippen LogP contribution in [0.3, 0.4) is 0 Å². The first-order valence-electron chi connectivity index (χ1n) is 6.39. The van der Waals surface area contributed by atoms with Gasteiger partial charge >= 0.3 is 6.16 Å². The van der Waals surface area contributed by atoms with Crippen LogP contribution >= 0.6 is 0 Å². The molecule has 1 aromatic carbocycles. The van der Waals surface area contributed by atoms with Gasteiger partial charge in [-0.05, 0) is 0 Å². The lowest BCUT2D eigenvalue weighted by atomic mass is 10.2. The normalized spacial score (nSPS) is 8.29. The molecule has 1 aromatic rings. The van der Waals surface area contributed by atoms with E-state index >= 15 is 0 Å². The summed E-state index contributed by atoms with van der Waals surface area (Å²) >= 11 is 0. The van der Waals surface area contributed by atoms with E-state index in [1.807, 2.05) is 36.4 Å². The molecule has 5 heteroatoms. The van der Waals surface area contributed by atoms with Crippen LogP contribution in [0.4, 0.5) is 4.79 Å². The first kappa shape index (κ1) is 20.8. The second-order valence-electron chi connectivity index (χ2n) is 3.90. The lowest BCUT2D eigenvalue weighted by Crippen LogP contribution is -2.31. The molecule has 0 aromatic heterocycles. The fraction of sp³-hybridized carbons (Fsp3) is 0.375. The second kappa shape index (κ2) is 15.6. The van der Waals surface area contributed by atoms with Gasteiger partial charge in [-0.1, -0.05) is 50.2 Å². The fourth-order valence-corrected chi connectivity index (χ4v) is 0.957. The third kappa shape index (κ3) is 15.5. The molecule has 0 heterocycles. The molecule has 21 heavy (non-hydrogen) atoms. The largest absolute Gasteiger partial charge is 0.508 e. The van der Waals surface area contributed by atoms with Crippen LogP contribution in [-0.4, -0.2) is 32.3 Å². The van der Waals surface area contributed by atoms with Crippen molar-refractivity contribution in [1.82, 2.24) is 5.32 Å². The van der Waals surface area contributed by atoms with Gasteiger partial charge in [0.1, 0.15) is 6.61 Å². The Labute approximate surface area is 126 Å². The summed E-state index contributed by atoms with van der Waals surface area (Å²) in [5, 5.41) is 2.59. The van der Waals surface area contributed by atoms with Crippen molar-refractivity contribution >= 4 is 12.1 Å². The molecule has 0 bridgehead atoms. The van der Waals surface area contributed by atoms with E-state index in [1.54, 1.807) is 13.8 Å². The number of benzene rings is 1. The van der Waals surface area contributed by atoms with Gasteiger partial charge in [0.15, 0.2) is 0 Å². The number of nitrogens with one attached hydrogen (secondary N) is 1. The Kier molecular flexibility index (Phi) is 15.5. The molecule has 1 amide bonds. The number of hydrogen-bond acceptors (Lipinski definition) is 4. The molecule has 0 unspecified atom stereocenters. The van der Waals surface area contributed by atoms with Crippen molar-refractivity contribution < 1.29 is 19.1 Å². The molecule has 0 saturated heterocycles. The summed E-state index contributed by atoms with van der Waals surface area (Å²) in [6, 6.07) is 12.0. The maximum atomic E-state index is 11.0. The number of amides is 1. The maximum Gasteiger partial charge on any atom is 0.508 e. The van der Waals surface area contributed by atoms with Crippen molar-refractivity contribution in [2.24, 2.45) is 5.92 Å². The summed E-state index contributed by atoms with van der Waals surface area (Å²) < 4.78 is 8.78. The summed E-state index contributed by atoms with van der Waals surface area (Å²) in [6.07, 6.45) is 7.26. The molecular formula is C16H23NO4.